The van der Waals surface area contributed by atoms with Crippen molar-refractivity contribution in [3.05, 3.63) is 59.4 Å². The number of para-hydroxylation sites is 1. The number of aryl methyl sites for hydroxylation is 1. The molecule has 2 atom stereocenters. The van der Waals surface area contributed by atoms with E-state index in [4.69, 9.17) is 0 Å². The van der Waals surface area contributed by atoms with Gasteiger partial charge in [0.25, 0.3) is 0 Å². The number of rotatable bonds is 4. The molecule has 0 aliphatic carbocycles. The van der Waals surface area contributed by atoms with Gasteiger partial charge in [0, 0.05) is 37.6 Å². The zero-order chi connectivity index (χ0) is 23.5. The highest BCUT2D eigenvalue weighted by molar-refractivity contribution is 5.94. The number of piperidine rings is 1. The van der Waals surface area contributed by atoms with Gasteiger partial charge in [0.15, 0.2) is 0 Å². The van der Waals surface area contributed by atoms with Gasteiger partial charge in [-0.3, -0.25) is 4.79 Å². The van der Waals surface area contributed by atoms with Gasteiger partial charge in [0.2, 0.25) is 5.91 Å². The van der Waals surface area contributed by atoms with E-state index < -0.39 is 29.4 Å². The van der Waals surface area contributed by atoms with Crippen LogP contribution in [0.3, 0.4) is 0 Å². The maximum atomic E-state index is 13.7. The van der Waals surface area contributed by atoms with Crippen molar-refractivity contribution < 1.29 is 27.2 Å². The van der Waals surface area contributed by atoms with Gasteiger partial charge in [-0.1, -0.05) is 18.2 Å². The Hall–Kier alpha value is -3.30. The van der Waals surface area contributed by atoms with Crippen LogP contribution >= 0.6 is 0 Å². The van der Waals surface area contributed by atoms with Crippen LogP contribution in [0.5, 0.6) is 0 Å². The van der Waals surface area contributed by atoms with Crippen LogP contribution in [0.4, 0.5) is 33.7 Å². The fourth-order valence-corrected chi connectivity index (χ4v) is 3.73. The molecule has 1 aliphatic heterocycles. The number of alkyl halides is 3. The van der Waals surface area contributed by atoms with Gasteiger partial charge < -0.3 is 20.9 Å². The van der Waals surface area contributed by atoms with Crippen LogP contribution in [0.15, 0.2) is 42.5 Å². The van der Waals surface area contributed by atoms with Crippen LogP contribution in [0.2, 0.25) is 0 Å². The first-order chi connectivity index (χ1) is 15.1. The molecule has 6 nitrogen and oxygen atoms in total. The Kier molecular flexibility index (Phi) is 6.90. The molecule has 172 valence electrons. The number of hydrogen-bond donors (Lipinski definition) is 3. The summed E-state index contributed by atoms with van der Waals surface area (Å²) in [7, 11) is 1.47. The lowest BCUT2D eigenvalue weighted by molar-refractivity contribution is -0.137. The maximum absolute atomic E-state index is 13.7. The summed E-state index contributed by atoms with van der Waals surface area (Å²) in [6.45, 7) is 2.35. The maximum Gasteiger partial charge on any atom is 0.416 e. The summed E-state index contributed by atoms with van der Waals surface area (Å²) in [5.74, 6) is -2.50. The summed E-state index contributed by atoms with van der Waals surface area (Å²) in [4.78, 5) is 26.6. The number of nitrogens with zero attached hydrogens (tertiary/aromatic N) is 1. The summed E-state index contributed by atoms with van der Waals surface area (Å²) in [5, 5.41) is 8.22. The van der Waals surface area contributed by atoms with E-state index in [9.17, 15) is 27.2 Å². The molecule has 0 saturated carbocycles. The molecule has 0 bridgehead atoms. The van der Waals surface area contributed by atoms with Crippen LogP contribution in [0.1, 0.15) is 17.5 Å². The Morgan fingerprint density at radius 3 is 2.50 bits per heavy atom. The average molecular weight is 452 g/mol. The van der Waals surface area contributed by atoms with Crippen molar-refractivity contribution in [2.45, 2.75) is 25.6 Å². The fraction of sp³-hybridized carbons (Fsp3) is 0.364. The van der Waals surface area contributed by atoms with Crippen molar-refractivity contribution in [1.82, 2.24) is 10.2 Å². The minimum absolute atomic E-state index is 0.0521. The third-order valence-electron chi connectivity index (χ3n) is 5.43. The highest BCUT2D eigenvalue weighted by Crippen LogP contribution is 2.32. The molecule has 1 unspecified atom stereocenters. The molecular weight excluding hydrogens is 428 g/mol. The van der Waals surface area contributed by atoms with Gasteiger partial charge in [-0.05, 0) is 43.2 Å². The number of benzene rings is 2. The molecule has 2 aromatic carbocycles. The van der Waals surface area contributed by atoms with Crippen molar-refractivity contribution in [2.24, 2.45) is 5.92 Å². The van der Waals surface area contributed by atoms with Crippen LogP contribution < -0.4 is 16.0 Å². The number of carbonyl (C=O) groups is 2. The van der Waals surface area contributed by atoms with E-state index >= 15 is 0 Å². The zero-order valence-electron chi connectivity index (χ0n) is 17.6. The molecule has 32 heavy (non-hydrogen) atoms. The Morgan fingerprint density at radius 1 is 1.12 bits per heavy atom. The van der Waals surface area contributed by atoms with Crippen LogP contribution in [-0.4, -0.2) is 43.0 Å². The van der Waals surface area contributed by atoms with E-state index in [1.54, 1.807) is 0 Å². The van der Waals surface area contributed by atoms with Gasteiger partial charge in [-0.25, -0.2) is 9.18 Å². The number of amides is 3. The van der Waals surface area contributed by atoms with Crippen molar-refractivity contribution in [3.8, 4) is 0 Å². The molecule has 2 aromatic rings. The summed E-state index contributed by atoms with van der Waals surface area (Å²) < 4.78 is 52.8. The summed E-state index contributed by atoms with van der Waals surface area (Å²) in [6.07, 6.45) is -4.31. The number of anilines is 2. The smallest absolute Gasteiger partial charge is 0.381 e. The Balaban J connectivity index is 1.85. The topological polar surface area (TPSA) is 73.5 Å². The summed E-state index contributed by atoms with van der Waals surface area (Å²) in [5.41, 5.74) is 0.279. The van der Waals surface area contributed by atoms with Crippen molar-refractivity contribution in [3.63, 3.8) is 0 Å². The van der Waals surface area contributed by atoms with E-state index in [1.165, 1.54) is 11.9 Å². The van der Waals surface area contributed by atoms with Gasteiger partial charge >= 0.3 is 12.2 Å². The number of likely N-dealkylation sites (tertiary alicyclic amines) is 1. The van der Waals surface area contributed by atoms with E-state index in [0.717, 1.165) is 17.3 Å². The molecule has 1 fully saturated rings. The lowest BCUT2D eigenvalue weighted by atomic mass is 9.90. The van der Waals surface area contributed by atoms with E-state index in [1.807, 2.05) is 31.2 Å². The molecule has 3 rings (SSSR count). The standard InChI is InChI=1S/C22H24F4N4O2/c1-13-5-3-4-6-18(13)29-19-7-8-30(21(32)27-2)12-17(19)20(31)28-16-10-14(22(24,25)26)9-15(23)11-16/h3-6,9-11,17,19,29H,7-8,12H2,1-2H3,(H,27,32)(H,28,31)/t17?,19-/m0/s1. The first-order valence-corrected chi connectivity index (χ1v) is 10.1. The molecular formula is C22H24F4N4O2. The molecule has 1 aliphatic rings. The van der Waals surface area contributed by atoms with Crippen molar-refractivity contribution >= 4 is 23.3 Å². The number of carbonyl (C=O) groups excluding carboxylic acids is 2. The first-order valence-electron chi connectivity index (χ1n) is 10.1. The van der Waals surface area contributed by atoms with Gasteiger partial charge in [0.1, 0.15) is 5.82 Å². The molecule has 0 spiro atoms. The minimum Gasteiger partial charge on any atom is -0.381 e. The van der Waals surface area contributed by atoms with Crippen LogP contribution in [0, 0.1) is 18.7 Å². The summed E-state index contributed by atoms with van der Waals surface area (Å²) in [6, 6.07) is 8.62. The lowest BCUT2D eigenvalue weighted by Crippen LogP contribution is -2.54. The molecule has 0 aromatic heterocycles. The molecule has 1 saturated heterocycles. The average Bonchev–Trinajstić information content (AvgIpc) is 2.74. The zero-order valence-corrected chi connectivity index (χ0v) is 17.6. The van der Waals surface area contributed by atoms with Gasteiger partial charge in [0.05, 0.1) is 11.5 Å². The highest BCUT2D eigenvalue weighted by Gasteiger charge is 2.37. The second-order valence-electron chi connectivity index (χ2n) is 7.68. The Bertz CT molecular complexity index is 996. The largest absolute Gasteiger partial charge is 0.416 e. The molecule has 10 heteroatoms. The predicted octanol–water partition coefficient (Wildman–Crippen LogP) is 4.23. The van der Waals surface area contributed by atoms with Crippen LogP contribution in [0.25, 0.3) is 0 Å². The Morgan fingerprint density at radius 2 is 1.84 bits per heavy atom. The second-order valence-corrected chi connectivity index (χ2v) is 7.68. The number of urea groups is 1. The van der Waals surface area contributed by atoms with E-state index in [2.05, 4.69) is 16.0 Å². The molecule has 0 radical (unpaired) electrons. The number of halogens is 4. The third kappa shape index (κ3) is 5.49. The highest BCUT2D eigenvalue weighted by atomic mass is 19.4. The van der Waals surface area contributed by atoms with E-state index in [0.29, 0.717) is 25.1 Å². The number of hydrogen-bond acceptors (Lipinski definition) is 3. The van der Waals surface area contributed by atoms with Gasteiger partial charge in [-0.2, -0.15) is 13.2 Å². The predicted molar refractivity (Wildman–Crippen MR) is 113 cm³/mol. The Labute approximate surface area is 183 Å². The third-order valence-corrected chi connectivity index (χ3v) is 5.43. The van der Waals surface area contributed by atoms with Crippen molar-refractivity contribution in [1.29, 1.82) is 0 Å². The fourth-order valence-electron chi connectivity index (χ4n) is 3.73. The molecule has 1 heterocycles. The van der Waals surface area contributed by atoms with Gasteiger partial charge in [-0.15, -0.1) is 0 Å². The van der Waals surface area contributed by atoms with E-state index in [-0.39, 0.29) is 24.3 Å². The quantitative estimate of drug-likeness (QED) is 0.608. The molecule has 3 amide bonds. The van der Waals surface area contributed by atoms with Crippen LogP contribution in [-0.2, 0) is 11.0 Å². The minimum atomic E-state index is -4.75. The SMILES string of the molecule is CNC(=O)N1CC[C@H](Nc2ccccc2C)C(C(=O)Nc2cc(F)cc(C(F)(F)F)c2)C1. The van der Waals surface area contributed by atoms with Crippen molar-refractivity contribution in [2.75, 3.05) is 30.8 Å². The number of nitrogens with one attached hydrogen (secondary N) is 3. The lowest BCUT2D eigenvalue weighted by Gasteiger charge is -2.38. The summed E-state index contributed by atoms with van der Waals surface area (Å²) >= 11 is 0. The molecule has 3 N–H and O–H groups in total. The first kappa shape index (κ1) is 23.4. The normalized spacial score (nSPS) is 18.8. The second kappa shape index (κ2) is 9.46. The monoisotopic (exact) mass is 452 g/mol.